The molecule has 0 bridgehead atoms. The summed E-state index contributed by atoms with van der Waals surface area (Å²) >= 11 is 9.18. The van der Waals surface area contributed by atoms with Crippen molar-refractivity contribution in [1.29, 1.82) is 0 Å². The lowest BCUT2D eigenvalue weighted by molar-refractivity contribution is -0.121. The van der Waals surface area contributed by atoms with Crippen LogP contribution in [0, 0.1) is 0 Å². The first-order chi connectivity index (χ1) is 11.5. The van der Waals surface area contributed by atoms with Crippen molar-refractivity contribution in [3.05, 3.63) is 63.6 Å². The lowest BCUT2D eigenvalue weighted by Crippen LogP contribution is -2.28. The summed E-state index contributed by atoms with van der Waals surface area (Å²) < 4.78 is 6.52. The van der Waals surface area contributed by atoms with Crippen molar-refractivity contribution in [3.63, 3.8) is 0 Å². The quantitative estimate of drug-likeness (QED) is 0.642. The average Bonchev–Trinajstić information content (AvgIpc) is 2.57. The Kier molecular flexibility index (Phi) is 7.56. The Bertz CT molecular complexity index is 664. The molecule has 128 valence electrons. The van der Waals surface area contributed by atoms with E-state index < -0.39 is 6.10 Å². The van der Waals surface area contributed by atoms with Crippen LogP contribution in [-0.2, 0) is 4.79 Å². The van der Waals surface area contributed by atoms with Gasteiger partial charge in [0.25, 0.3) is 0 Å². The molecule has 0 saturated carbocycles. The van der Waals surface area contributed by atoms with E-state index in [4.69, 9.17) is 16.3 Å². The van der Waals surface area contributed by atoms with E-state index in [-0.39, 0.29) is 12.5 Å². The van der Waals surface area contributed by atoms with Crippen molar-refractivity contribution in [3.8, 4) is 5.75 Å². The van der Waals surface area contributed by atoms with Crippen molar-refractivity contribution in [2.24, 2.45) is 0 Å². The first-order valence-corrected chi connectivity index (χ1v) is 8.80. The summed E-state index contributed by atoms with van der Waals surface area (Å²) in [7, 11) is 0. The zero-order valence-corrected chi connectivity index (χ0v) is 15.4. The van der Waals surface area contributed by atoms with Gasteiger partial charge in [0.1, 0.15) is 5.75 Å². The second-order valence-corrected chi connectivity index (χ2v) is 6.63. The molecule has 0 aliphatic heterocycles. The van der Waals surface area contributed by atoms with Crippen molar-refractivity contribution in [2.75, 3.05) is 13.2 Å². The smallest absolute Gasteiger partial charge is 0.220 e. The number of amides is 1. The molecule has 0 heterocycles. The third-order valence-electron chi connectivity index (χ3n) is 3.36. The molecule has 0 fully saturated rings. The molecule has 1 atom stereocenters. The summed E-state index contributed by atoms with van der Waals surface area (Å²) in [6, 6.07) is 14.5. The number of carbonyl (C=O) groups is 1. The molecule has 0 radical (unpaired) electrons. The van der Waals surface area contributed by atoms with E-state index in [2.05, 4.69) is 21.2 Å². The molecule has 2 aromatic carbocycles. The molecule has 2 N–H and O–H groups in total. The number of benzene rings is 2. The number of rotatable bonds is 8. The van der Waals surface area contributed by atoms with Crippen LogP contribution in [0.15, 0.2) is 53.0 Å². The van der Waals surface area contributed by atoms with E-state index in [0.29, 0.717) is 24.5 Å². The Balaban J connectivity index is 1.63. The number of halogens is 2. The Morgan fingerprint density at radius 1 is 1.25 bits per heavy atom. The molecular weight excluding hydrogens is 394 g/mol. The van der Waals surface area contributed by atoms with Gasteiger partial charge in [0.05, 0.1) is 12.7 Å². The van der Waals surface area contributed by atoms with E-state index in [1.807, 2.05) is 24.3 Å². The minimum Gasteiger partial charge on any atom is -0.494 e. The number of ether oxygens (including phenoxy) is 1. The molecular formula is C18H19BrClNO3. The summed E-state index contributed by atoms with van der Waals surface area (Å²) in [5.41, 5.74) is 0.720. The molecule has 4 nitrogen and oxygen atoms in total. The molecule has 0 aromatic heterocycles. The summed E-state index contributed by atoms with van der Waals surface area (Å²) in [5.74, 6) is 0.656. The van der Waals surface area contributed by atoms with Crippen LogP contribution in [0.2, 0.25) is 5.02 Å². The fourth-order valence-electron chi connectivity index (χ4n) is 2.08. The lowest BCUT2D eigenvalue weighted by Gasteiger charge is -2.12. The zero-order chi connectivity index (χ0) is 17.4. The number of aliphatic hydroxyl groups excluding tert-OH is 1. The normalized spacial score (nSPS) is 11.8. The molecule has 2 aromatic rings. The van der Waals surface area contributed by atoms with Gasteiger partial charge < -0.3 is 15.2 Å². The molecule has 0 aliphatic rings. The van der Waals surface area contributed by atoms with E-state index in [1.165, 1.54) is 0 Å². The van der Waals surface area contributed by atoms with Crippen LogP contribution in [0.25, 0.3) is 0 Å². The van der Waals surface area contributed by atoms with Gasteiger partial charge in [-0.15, -0.1) is 0 Å². The highest BCUT2D eigenvalue weighted by Crippen LogP contribution is 2.18. The zero-order valence-electron chi connectivity index (χ0n) is 13.0. The van der Waals surface area contributed by atoms with Gasteiger partial charge in [0.15, 0.2) is 0 Å². The third-order valence-corrected chi connectivity index (χ3v) is 4.11. The first kappa shape index (κ1) is 18.8. The van der Waals surface area contributed by atoms with Crippen LogP contribution in [-0.4, -0.2) is 24.2 Å². The topological polar surface area (TPSA) is 58.6 Å². The number of hydrogen-bond donors (Lipinski definition) is 2. The van der Waals surface area contributed by atoms with E-state index >= 15 is 0 Å². The monoisotopic (exact) mass is 411 g/mol. The molecule has 1 amide bonds. The van der Waals surface area contributed by atoms with Gasteiger partial charge in [-0.3, -0.25) is 4.79 Å². The number of hydrogen-bond acceptors (Lipinski definition) is 3. The van der Waals surface area contributed by atoms with Crippen LogP contribution in [0.5, 0.6) is 5.75 Å². The van der Waals surface area contributed by atoms with Gasteiger partial charge in [-0.25, -0.2) is 0 Å². The van der Waals surface area contributed by atoms with Gasteiger partial charge in [0, 0.05) is 22.5 Å². The number of aliphatic hydroxyl groups is 1. The maximum Gasteiger partial charge on any atom is 0.220 e. The third kappa shape index (κ3) is 6.51. The average molecular weight is 413 g/mol. The lowest BCUT2D eigenvalue weighted by atomic mass is 10.1. The number of nitrogens with one attached hydrogen (secondary N) is 1. The number of carbonyl (C=O) groups excluding carboxylic acids is 1. The minimum absolute atomic E-state index is 0.110. The highest BCUT2D eigenvalue weighted by Gasteiger charge is 2.09. The maximum absolute atomic E-state index is 11.8. The van der Waals surface area contributed by atoms with E-state index in [1.54, 1.807) is 24.3 Å². The molecule has 0 saturated heterocycles. The standard InChI is InChI=1S/C18H19BrClNO3/c19-14-3-1-4-16(11-14)24-10-2-5-18(23)21-12-17(22)13-6-8-15(20)9-7-13/h1,3-4,6-9,11,17,22H,2,5,10,12H2,(H,21,23). The van der Waals surface area contributed by atoms with Gasteiger partial charge in [-0.2, -0.15) is 0 Å². The fraction of sp³-hybridized carbons (Fsp3) is 0.278. The highest BCUT2D eigenvalue weighted by molar-refractivity contribution is 9.10. The second-order valence-electron chi connectivity index (χ2n) is 5.28. The molecule has 0 spiro atoms. The van der Waals surface area contributed by atoms with Crippen molar-refractivity contribution in [2.45, 2.75) is 18.9 Å². The molecule has 2 rings (SSSR count). The van der Waals surface area contributed by atoms with Crippen LogP contribution < -0.4 is 10.1 Å². The SMILES string of the molecule is O=C(CCCOc1cccc(Br)c1)NCC(O)c1ccc(Cl)cc1. The first-order valence-electron chi connectivity index (χ1n) is 7.63. The molecule has 0 aliphatic carbocycles. The van der Waals surface area contributed by atoms with Crippen LogP contribution >= 0.6 is 27.5 Å². The molecule has 24 heavy (non-hydrogen) atoms. The summed E-state index contributed by atoms with van der Waals surface area (Å²) in [4.78, 5) is 11.8. The molecule has 1 unspecified atom stereocenters. The molecule has 6 heteroatoms. The van der Waals surface area contributed by atoms with E-state index in [0.717, 1.165) is 15.8 Å². The van der Waals surface area contributed by atoms with Crippen molar-refractivity contribution in [1.82, 2.24) is 5.32 Å². The fourth-order valence-corrected chi connectivity index (χ4v) is 2.59. The Hall–Kier alpha value is -1.56. The predicted octanol–water partition coefficient (Wildman–Crippen LogP) is 4.11. The van der Waals surface area contributed by atoms with Gasteiger partial charge >= 0.3 is 0 Å². The Labute approximate surface area is 154 Å². The minimum atomic E-state index is -0.746. The second kappa shape index (κ2) is 9.67. The van der Waals surface area contributed by atoms with Gasteiger partial charge in [0.2, 0.25) is 5.91 Å². The van der Waals surface area contributed by atoms with Crippen LogP contribution in [0.1, 0.15) is 24.5 Å². The maximum atomic E-state index is 11.8. The summed E-state index contributed by atoms with van der Waals surface area (Å²) in [6.07, 6.45) is 0.209. The Morgan fingerprint density at radius 3 is 2.71 bits per heavy atom. The van der Waals surface area contributed by atoms with Crippen LogP contribution in [0.4, 0.5) is 0 Å². The Morgan fingerprint density at radius 2 is 2.00 bits per heavy atom. The predicted molar refractivity (Wildman–Crippen MR) is 98.3 cm³/mol. The van der Waals surface area contributed by atoms with Crippen molar-refractivity contribution >= 4 is 33.4 Å². The van der Waals surface area contributed by atoms with Crippen LogP contribution in [0.3, 0.4) is 0 Å². The van der Waals surface area contributed by atoms with Crippen molar-refractivity contribution < 1.29 is 14.6 Å². The largest absolute Gasteiger partial charge is 0.494 e. The summed E-state index contributed by atoms with van der Waals surface area (Å²) in [5, 5.41) is 13.3. The summed E-state index contributed by atoms with van der Waals surface area (Å²) in [6.45, 7) is 0.635. The van der Waals surface area contributed by atoms with Gasteiger partial charge in [-0.1, -0.05) is 45.7 Å². The highest BCUT2D eigenvalue weighted by atomic mass is 79.9. The van der Waals surface area contributed by atoms with Gasteiger partial charge in [-0.05, 0) is 42.3 Å². The van der Waals surface area contributed by atoms with E-state index in [9.17, 15) is 9.90 Å².